The molecule has 0 aliphatic heterocycles. The number of aliphatic carboxylic acids is 1. The summed E-state index contributed by atoms with van der Waals surface area (Å²) < 4.78 is 53.3. The third kappa shape index (κ3) is 6.29. The Morgan fingerprint density at radius 2 is 1.70 bits per heavy atom. The normalized spacial score (nSPS) is 12.5. The minimum Gasteiger partial charge on any atom is -0.478 e. The summed E-state index contributed by atoms with van der Waals surface area (Å²) in [6.07, 6.45) is -4.78. The Morgan fingerprint density at radius 1 is 1.17 bits per heavy atom. The average molecular weight is 334 g/mol. The van der Waals surface area contributed by atoms with E-state index < -0.39 is 24.0 Å². The quantitative estimate of drug-likeness (QED) is 0.448. The maximum absolute atomic E-state index is 12.5. The molecule has 0 atom stereocenters. The molecule has 0 spiro atoms. The minimum atomic E-state index is -4.46. The Kier molecular flexibility index (Phi) is 7.05. The molecule has 8 heteroatoms. The molecule has 23 heavy (non-hydrogen) atoms. The van der Waals surface area contributed by atoms with Crippen LogP contribution in [0.1, 0.15) is 19.4 Å². The lowest BCUT2D eigenvalue weighted by Gasteiger charge is -2.20. The van der Waals surface area contributed by atoms with Gasteiger partial charge in [-0.25, -0.2) is 4.79 Å². The molecule has 0 radical (unpaired) electrons. The van der Waals surface area contributed by atoms with Gasteiger partial charge in [-0.2, -0.15) is 13.2 Å². The van der Waals surface area contributed by atoms with E-state index in [-0.39, 0.29) is 24.7 Å². The minimum absolute atomic E-state index is 0.0370. The number of ether oxygens (including phenoxy) is 3. The van der Waals surface area contributed by atoms with Crippen molar-refractivity contribution in [3.63, 3.8) is 0 Å². The van der Waals surface area contributed by atoms with E-state index in [9.17, 15) is 18.0 Å². The Hall–Kier alpha value is -2.06. The van der Waals surface area contributed by atoms with E-state index in [1.807, 2.05) is 0 Å². The molecule has 0 fully saturated rings. The fraction of sp³-hybridized carbons (Fsp3) is 0.400. The van der Waals surface area contributed by atoms with E-state index in [1.54, 1.807) is 13.8 Å². The summed E-state index contributed by atoms with van der Waals surface area (Å²) in [4.78, 5) is 10.9. The van der Waals surface area contributed by atoms with E-state index >= 15 is 0 Å². The monoisotopic (exact) mass is 334 g/mol. The Labute approximate surface area is 131 Å². The number of rotatable bonds is 8. The van der Waals surface area contributed by atoms with E-state index in [2.05, 4.69) is 0 Å². The zero-order chi connectivity index (χ0) is 17.5. The zero-order valence-electron chi connectivity index (χ0n) is 12.6. The predicted octanol–water partition coefficient (Wildman–Crippen LogP) is 3.45. The maximum atomic E-state index is 12.5. The first-order valence-electron chi connectivity index (χ1n) is 6.80. The first kappa shape index (κ1) is 19.0. The molecule has 5 nitrogen and oxygen atoms in total. The van der Waals surface area contributed by atoms with Gasteiger partial charge in [0.1, 0.15) is 5.75 Å². The van der Waals surface area contributed by atoms with Crippen LogP contribution in [0.3, 0.4) is 0 Å². The van der Waals surface area contributed by atoms with Gasteiger partial charge in [0.15, 0.2) is 5.76 Å². The average Bonchev–Trinajstić information content (AvgIpc) is 2.45. The third-order valence-electron chi connectivity index (χ3n) is 2.55. The van der Waals surface area contributed by atoms with Crippen molar-refractivity contribution in [1.82, 2.24) is 0 Å². The molecule has 0 heterocycles. The summed E-state index contributed by atoms with van der Waals surface area (Å²) in [5.41, 5.74) is -0.834. The lowest BCUT2D eigenvalue weighted by atomic mass is 10.2. The number of benzene rings is 1. The number of carbonyl (C=O) groups is 1. The number of carboxylic acids is 1. The molecule has 128 valence electrons. The van der Waals surface area contributed by atoms with Crippen molar-refractivity contribution in [2.45, 2.75) is 26.3 Å². The SMILES string of the molecule is CCOC(OCC)C(=CC(=O)O)Oc1ccc(C(F)(F)F)cc1. The highest BCUT2D eigenvalue weighted by molar-refractivity contribution is 5.80. The van der Waals surface area contributed by atoms with Crippen molar-refractivity contribution in [3.05, 3.63) is 41.7 Å². The molecule has 0 unspecified atom stereocenters. The Balaban J connectivity index is 2.99. The van der Waals surface area contributed by atoms with Crippen molar-refractivity contribution in [1.29, 1.82) is 0 Å². The summed E-state index contributed by atoms with van der Waals surface area (Å²) >= 11 is 0. The second kappa shape index (κ2) is 8.54. The lowest BCUT2D eigenvalue weighted by Crippen LogP contribution is -2.24. The van der Waals surface area contributed by atoms with E-state index in [4.69, 9.17) is 19.3 Å². The summed E-state index contributed by atoms with van der Waals surface area (Å²) in [6, 6.07) is 3.86. The van der Waals surface area contributed by atoms with Crippen LogP contribution in [0, 0.1) is 0 Å². The second-order valence-corrected chi connectivity index (χ2v) is 4.25. The molecular formula is C15H17F3O5. The van der Waals surface area contributed by atoms with Gasteiger partial charge in [0, 0.05) is 13.2 Å². The molecular weight excluding hydrogens is 317 g/mol. The highest BCUT2D eigenvalue weighted by Gasteiger charge is 2.30. The van der Waals surface area contributed by atoms with Gasteiger partial charge in [0.05, 0.1) is 11.6 Å². The molecule has 0 amide bonds. The molecule has 0 aliphatic rings. The number of carboxylic acid groups (broad SMARTS) is 1. The van der Waals surface area contributed by atoms with Gasteiger partial charge in [-0.3, -0.25) is 0 Å². The fourth-order valence-corrected chi connectivity index (χ4v) is 1.63. The molecule has 1 N–H and O–H groups in total. The zero-order valence-corrected chi connectivity index (χ0v) is 12.6. The van der Waals surface area contributed by atoms with E-state index in [0.29, 0.717) is 0 Å². The van der Waals surface area contributed by atoms with Crippen molar-refractivity contribution in [2.24, 2.45) is 0 Å². The third-order valence-corrected chi connectivity index (χ3v) is 2.55. The first-order chi connectivity index (χ1) is 10.8. The van der Waals surface area contributed by atoms with E-state index in [1.165, 1.54) is 0 Å². The topological polar surface area (TPSA) is 65.0 Å². The summed E-state index contributed by atoms with van der Waals surface area (Å²) in [6.45, 7) is 3.83. The van der Waals surface area contributed by atoms with Crippen molar-refractivity contribution in [3.8, 4) is 5.75 Å². The summed E-state index contributed by atoms with van der Waals surface area (Å²) in [5, 5.41) is 8.88. The number of alkyl halides is 3. The molecule has 0 saturated carbocycles. The summed E-state index contributed by atoms with van der Waals surface area (Å²) in [7, 11) is 0. The highest BCUT2D eigenvalue weighted by atomic mass is 19.4. The molecule has 0 saturated heterocycles. The molecule has 0 aliphatic carbocycles. The molecule has 0 bridgehead atoms. The number of hydrogen-bond donors (Lipinski definition) is 1. The Bertz CT molecular complexity index is 531. The van der Waals surface area contributed by atoms with Crippen LogP contribution >= 0.6 is 0 Å². The van der Waals surface area contributed by atoms with Crippen LogP contribution in [0.15, 0.2) is 36.1 Å². The van der Waals surface area contributed by atoms with Gasteiger partial charge in [-0.05, 0) is 38.1 Å². The van der Waals surface area contributed by atoms with Crippen molar-refractivity contribution >= 4 is 5.97 Å². The van der Waals surface area contributed by atoms with Gasteiger partial charge < -0.3 is 19.3 Å². The molecule has 1 aromatic carbocycles. The van der Waals surface area contributed by atoms with Crippen LogP contribution in [0.25, 0.3) is 0 Å². The second-order valence-electron chi connectivity index (χ2n) is 4.25. The van der Waals surface area contributed by atoms with Gasteiger partial charge in [-0.1, -0.05) is 0 Å². The lowest BCUT2D eigenvalue weighted by molar-refractivity contribution is -0.137. The van der Waals surface area contributed by atoms with Crippen LogP contribution in [0.2, 0.25) is 0 Å². The molecule has 1 aromatic rings. The van der Waals surface area contributed by atoms with Gasteiger partial charge in [0.25, 0.3) is 0 Å². The fourth-order valence-electron chi connectivity index (χ4n) is 1.63. The number of halogens is 3. The highest BCUT2D eigenvalue weighted by Crippen LogP contribution is 2.30. The molecule has 1 rings (SSSR count). The van der Waals surface area contributed by atoms with Crippen molar-refractivity contribution in [2.75, 3.05) is 13.2 Å². The maximum Gasteiger partial charge on any atom is 0.416 e. The summed E-state index contributed by atoms with van der Waals surface area (Å²) in [5.74, 6) is -1.42. The van der Waals surface area contributed by atoms with Crippen LogP contribution < -0.4 is 4.74 Å². The van der Waals surface area contributed by atoms with Crippen LogP contribution in [0.5, 0.6) is 5.75 Å². The predicted molar refractivity (Wildman–Crippen MR) is 74.8 cm³/mol. The molecule has 0 aromatic heterocycles. The smallest absolute Gasteiger partial charge is 0.416 e. The van der Waals surface area contributed by atoms with Crippen molar-refractivity contribution < 1.29 is 37.3 Å². The van der Waals surface area contributed by atoms with Gasteiger partial charge in [0.2, 0.25) is 6.29 Å². The van der Waals surface area contributed by atoms with Crippen LogP contribution in [-0.4, -0.2) is 30.6 Å². The van der Waals surface area contributed by atoms with Gasteiger partial charge in [-0.15, -0.1) is 0 Å². The van der Waals surface area contributed by atoms with Gasteiger partial charge >= 0.3 is 12.1 Å². The van der Waals surface area contributed by atoms with Crippen LogP contribution in [0.4, 0.5) is 13.2 Å². The number of hydrogen-bond acceptors (Lipinski definition) is 4. The first-order valence-corrected chi connectivity index (χ1v) is 6.80. The van der Waals surface area contributed by atoms with E-state index in [0.717, 1.165) is 30.3 Å². The Morgan fingerprint density at radius 3 is 2.09 bits per heavy atom. The van der Waals surface area contributed by atoms with Crippen LogP contribution in [-0.2, 0) is 20.4 Å². The standard InChI is InChI=1S/C15H17F3O5/c1-3-21-14(22-4-2)12(9-13(19)20)23-11-7-5-10(6-8-11)15(16,17)18/h5-9,14H,3-4H2,1-2H3,(H,19,20). The largest absolute Gasteiger partial charge is 0.478 e.